The number of nitrogens with zero attached hydrogens (tertiary/aromatic N) is 2. The van der Waals surface area contributed by atoms with Gasteiger partial charge < -0.3 is 85.4 Å². The van der Waals surface area contributed by atoms with Crippen molar-refractivity contribution in [2.75, 3.05) is 0 Å². The van der Waals surface area contributed by atoms with E-state index in [2.05, 4.69) is 0 Å². The molecule has 128 valence electrons. The van der Waals surface area contributed by atoms with Crippen molar-refractivity contribution in [2.24, 2.45) is 0 Å². The summed E-state index contributed by atoms with van der Waals surface area (Å²) >= 11 is 0. The first kappa shape index (κ1) is 220. The van der Waals surface area contributed by atoms with Crippen molar-refractivity contribution < 1.29 is 64.9 Å². The fraction of sp³-hybridized carbons (Fsp3) is 0. The van der Waals surface area contributed by atoms with E-state index in [4.69, 9.17) is 30.6 Å². The molecule has 18 nitrogen and oxygen atoms in total. The minimum Gasteiger partial charge on any atom is -0.412 e. The Hall–Kier alpha value is -1.23. The smallest absolute Gasteiger partial charge is 0.412 e. The van der Waals surface area contributed by atoms with Crippen LogP contribution in [0, 0.1) is 30.6 Å². The normalized spacial score (nSPS) is 2.53. The van der Waals surface area contributed by atoms with Crippen LogP contribution in [0.4, 0.5) is 0 Å². The topological polar surface area (TPSA) is 447 Å². The summed E-state index contributed by atoms with van der Waals surface area (Å²) in [4.78, 5) is 16.5. The molecule has 0 bridgehead atoms. The summed E-state index contributed by atoms with van der Waals surface area (Å²) in [6, 6.07) is 0. The van der Waals surface area contributed by atoms with Crippen LogP contribution in [0.15, 0.2) is 0 Å². The van der Waals surface area contributed by atoms with E-state index in [9.17, 15) is 0 Å². The van der Waals surface area contributed by atoms with Crippen LogP contribution < -0.4 is 0 Å². The van der Waals surface area contributed by atoms with E-state index in [1.807, 2.05) is 0 Å². The van der Waals surface area contributed by atoms with Crippen molar-refractivity contribution in [3.63, 3.8) is 0 Å². The third kappa shape index (κ3) is 2400. The van der Waals surface area contributed by atoms with Crippen molar-refractivity contribution in [1.29, 1.82) is 0 Å². The molecular weight excluding hydrogens is 308 g/mol. The largest absolute Gasteiger partial charge is 2.00 e. The summed E-state index contributed by atoms with van der Waals surface area (Å²) < 4.78 is 0. The molecule has 0 aliphatic heterocycles. The monoisotopic (exact) mass is 328 g/mol. The van der Waals surface area contributed by atoms with Gasteiger partial charge in [-0.15, -0.1) is 0 Å². The fourth-order valence-electron chi connectivity index (χ4n) is 0. The van der Waals surface area contributed by atoms with Crippen LogP contribution in [-0.2, 0) is 0 Å². The predicted octanol–water partition coefficient (Wildman–Crippen LogP) is -9.11. The van der Waals surface area contributed by atoms with Gasteiger partial charge in [-0.05, 0) is 0 Å². The van der Waals surface area contributed by atoms with Crippen LogP contribution in [0.5, 0.6) is 0 Å². The molecule has 0 fully saturated rings. The standard InChI is InChI=1S/Mg.2NO3.10H2O/c;2*2-1(3)4;;;;;;;;;;/h;;;10*1H2/q+2;2*-1;;;;;;;;;;. The second kappa shape index (κ2) is 183. The molecule has 0 aliphatic carbocycles. The Morgan fingerprint density at radius 2 is 0.421 bits per heavy atom. The van der Waals surface area contributed by atoms with E-state index in [1.54, 1.807) is 0 Å². The minimum absolute atomic E-state index is 0. The molecular formula is H20MgN2O16. The number of rotatable bonds is 0. The molecule has 0 heterocycles. The van der Waals surface area contributed by atoms with E-state index in [0.717, 1.165) is 0 Å². The first-order valence-corrected chi connectivity index (χ1v) is 1.10. The van der Waals surface area contributed by atoms with Gasteiger partial charge in [-0.1, -0.05) is 0 Å². The Balaban J connectivity index is -0.00000000218. The molecule has 0 aliphatic rings. The van der Waals surface area contributed by atoms with Gasteiger partial charge in [-0.3, -0.25) is 0 Å². The van der Waals surface area contributed by atoms with Crippen LogP contribution in [0.2, 0.25) is 0 Å². The van der Waals surface area contributed by atoms with Crippen molar-refractivity contribution in [3.8, 4) is 0 Å². The fourth-order valence-corrected chi connectivity index (χ4v) is 0. The summed E-state index contributed by atoms with van der Waals surface area (Å²) in [7, 11) is 0. The predicted molar refractivity (Wildman–Crippen MR) is 62.6 cm³/mol. The zero-order valence-electron chi connectivity index (χ0n) is 9.05. The number of hydrogen-bond donors (Lipinski definition) is 0. The molecule has 0 saturated heterocycles. The molecule has 0 amide bonds. The van der Waals surface area contributed by atoms with Crippen LogP contribution >= 0.6 is 0 Å². The van der Waals surface area contributed by atoms with Gasteiger partial charge in [0.1, 0.15) is 0 Å². The Kier molecular flexibility index (Phi) is 2120. The molecule has 0 spiro atoms. The van der Waals surface area contributed by atoms with Crippen molar-refractivity contribution in [3.05, 3.63) is 30.6 Å². The first-order chi connectivity index (χ1) is 3.46. The zero-order valence-corrected chi connectivity index (χ0v) is 10.5. The summed E-state index contributed by atoms with van der Waals surface area (Å²) in [6.45, 7) is 0. The number of hydrogen-bond acceptors (Lipinski definition) is 6. The molecule has 19 heavy (non-hydrogen) atoms. The van der Waals surface area contributed by atoms with Crippen LogP contribution in [0.3, 0.4) is 0 Å². The van der Waals surface area contributed by atoms with Gasteiger partial charge in [0.15, 0.2) is 0 Å². The Morgan fingerprint density at radius 1 is 0.421 bits per heavy atom. The van der Waals surface area contributed by atoms with Crippen LogP contribution in [0.1, 0.15) is 0 Å². The molecule has 0 saturated carbocycles. The van der Waals surface area contributed by atoms with Gasteiger partial charge in [0.05, 0.1) is 10.2 Å². The van der Waals surface area contributed by atoms with Crippen molar-refractivity contribution in [2.45, 2.75) is 0 Å². The average molecular weight is 328 g/mol. The van der Waals surface area contributed by atoms with Gasteiger partial charge in [0.25, 0.3) is 0 Å². The third-order valence-electron chi connectivity index (χ3n) is 0. The molecule has 0 radical (unpaired) electrons. The van der Waals surface area contributed by atoms with Crippen molar-refractivity contribution in [1.82, 2.24) is 0 Å². The summed E-state index contributed by atoms with van der Waals surface area (Å²) in [5, 5.41) is 29.5. The van der Waals surface area contributed by atoms with Crippen LogP contribution in [-0.4, -0.2) is 88.0 Å². The zero-order chi connectivity index (χ0) is 7.15. The van der Waals surface area contributed by atoms with Gasteiger partial charge in [-0.2, -0.15) is 0 Å². The SMILES string of the molecule is O.O.O.O.O.O.O.O.O.O.O=[N+]([O-])[O-].O=[N+]([O-])[O-].[Mg+2]. The second-order valence-electron chi connectivity index (χ2n) is 0.447. The van der Waals surface area contributed by atoms with Crippen molar-refractivity contribution >= 4 is 23.1 Å². The summed E-state index contributed by atoms with van der Waals surface area (Å²) in [6.07, 6.45) is 0. The van der Waals surface area contributed by atoms with Gasteiger partial charge in [-0.25, -0.2) is 0 Å². The molecule has 0 rings (SSSR count). The molecule has 0 aromatic carbocycles. The maximum atomic E-state index is 8.25. The maximum absolute atomic E-state index is 8.25. The summed E-state index contributed by atoms with van der Waals surface area (Å²) in [5.41, 5.74) is 0. The first-order valence-electron chi connectivity index (χ1n) is 1.10. The average Bonchev–Trinajstić information content (AvgIpc) is 1.25. The van der Waals surface area contributed by atoms with E-state index in [0.29, 0.717) is 0 Å². The Morgan fingerprint density at radius 3 is 0.421 bits per heavy atom. The summed E-state index contributed by atoms with van der Waals surface area (Å²) in [5.74, 6) is 0. The van der Waals surface area contributed by atoms with Gasteiger partial charge >= 0.3 is 23.1 Å². The molecule has 0 unspecified atom stereocenters. The third-order valence-corrected chi connectivity index (χ3v) is 0. The Bertz CT molecular complexity index is 72.7. The molecule has 0 atom stereocenters. The molecule has 0 aromatic heterocycles. The molecule has 0 aromatic rings. The van der Waals surface area contributed by atoms with Gasteiger partial charge in [0, 0.05) is 0 Å². The van der Waals surface area contributed by atoms with E-state index >= 15 is 0 Å². The van der Waals surface area contributed by atoms with E-state index in [1.165, 1.54) is 0 Å². The van der Waals surface area contributed by atoms with E-state index in [-0.39, 0.29) is 77.8 Å². The second-order valence-corrected chi connectivity index (χ2v) is 0.447. The minimum atomic E-state index is -1.75. The molecule has 19 heteroatoms. The van der Waals surface area contributed by atoms with E-state index < -0.39 is 10.2 Å². The Labute approximate surface area is 119 Å². The molecule has 20 N–H and O–H groups in total. The van der Waals surface area contributed by atoms with Gasteiger partial charge in [0.2, 0.25) is 0 Å². The van der Waals surface area contributed by atoms with Crippen LogP contribution in [0.25, 0.3) is 0 Å². The maximum Gasteiger partial charge on any atom is 2.00 e. The quantitative estimate of drug-likeness (QED) is 0.235.